The molecule has 1 saturated heterocycles. The van der Waals surface area contributed by atoms with Crippen LogP contribution in [-0.2, 0) is 19.1 Å². The molecule has 0 spiro atoms. The summed E-state index contributed by atoms with van der Waals surface area (Å²) in [6, 6.07) is -2.31. The Balaban J connectivity index is 3.12. The van der Waals surface area contributed by atoms with E-state index in [1.165, 1.54) is 0 Å². The van der Waals surface area contributed by atoms with Gasteiger partial charge in [0.15, 0.2) is 6.10 Å². The molecule has 18 heavy (non-hydrogen) atoms. The van der Waals surface area contributed by atoms with Gasteiger partial charge in [-0.2, -0.15) is 30.7 Å². The summed E-state index contributed by atoms with van der Waals surface area (Å²) in [6.45, 7) is 0. The normalized spacial score (nSPS) is 23.9. The number of halogens is 7. The first kappa shape index (κ1) is 14.7. The second-order valence-corrected chi connectivity index (χ2v) is 3.20. The van der Waals surface area contributed by atoms with Gasteiger partial charge < -0.3 is 9.47 Å². The van der Waals surface area contributed by atoms with Gasteiger partial charge in [0.25, 0.3) is 0 Å². The molecule has 1 rings (SSSR count). The minimum absolute atomic E-state index is 1.59. The Hall–Kier alpha value is -1.39. The predicted molar refractivity (Wildman–Crippen MR) is 36.5 cm³/mol. The Morgan fingerprint density at radius 3 is 1.89 bits per heavy atom. The van der Waals surface area contributed by atoms with Crippen molar-refractivity contribution in [2.24, 2.45) is 0 Å². The van der Waals surface area contributed by atoms with Crippen molar-refractivity contribution >= 4 is 12.0 Å². The summed E-state index contributed by atoms with van der Waals surface area (Å²) in [7, 11) is 0. The zero-order chi connectivity index (χ0) is 14.4. The average Bonchev–Trinajstić information content (AvgIpc) is 2.41. The minimum atomic E-state index is -6.12. The van der Waals surface area contributed by atoms with Crippen molar-refractivity contribution in [2.75, 3.05) is 0 Å². The van der Waals surface area contributed by atoms with E-state index >= 15 is 0 Å². The van der Waals surface area contributed by atoms with Gasteiger partial charge in [0, 0.05) is 0 Å². The summed E-state index contributed by atoms with van der Waals surface area (Å²) in [5.74, 6) is -7.28. The third-order valence-electron chi connectivity index (χ3n) is 1.91. The van der Waals surface area contributed by atoms with Crippen LogP contribution in [-0.4, -0.2) is 36.2 Å². The number of hydrogen-bond donors (Lipinski definition) is 0. The van der Waals surface area contributed by atoms with Crippen molar-refractivity contribution in [2.45, 2.75) is 30.7 Å². The van der Waals surface area contributed by atoms with Crippen molar-refractivity contribution < 1.29 is 49.8 Å². The first-order chi connectivity index (χ1) is 7.91. The molecule has 1 aliphatic heterocycles. The maximum Gasteiger partial charge on any atom is 0.465 e. The van der Waals surface area contributed by atoms with E-state index in [2.05, 4.69) is 9.47 Å². The zero-order valence-electron chi connectivity index (χ0n) is 8.06. The molecular weight excluding hydrogens is 281 g/mol. The van der Waals surface area contributed by atoms with Gasteiger partial charge in [0.1, 0.15) is 0 Å². The fourth-order valence-electron chi connectivity index (χ4n) is 1.16. The van der Waals surface area contributed by atoms with Crippen LogP contribution in [0.3, 0.4) is 0 Å². The Labute approximate surface area is 93.6 Å². The lowest BCUT2D eigenvalue weighted by molar-refractivity contribution is -0.439. The van der Waals surface area contributed by atoms with Crippen LogP contribution in [0.1, 0.15) is 6.42 Å². The lowest BCUT2D eigenvalue weighted by Gasteiger charge is -2.30. The fourth-order valence-corrected chi connectivity index (χ4v) is 1.16. The summed E-state index contributed by atoms with van der Waals surface area (Å²) in [5.41, 5.74) is 0. The average molecular weight is 284 g/mol. The first-order valence-corrected chi connectivity index (χ1v) is 4.13. The van der Waals surface area contributed by atoms with Gasteiger partial charge in [-0.3, -0.25) is 4.79 Å². The van der Waals surface area contributed by atoms with Gasteiger partial charge in [-0.15, -0.1) is 0 Å². The molecular formula is C7H3F7O4. The molecule has 0 aromatic carbocycles. The summed E-state index contributed by atoms with van der Waals surface area (Å²) >= 11 is 0. The fraction of sp³-hybridized carbons (Fsp3) is 0.714. The number of carbonyl (C=O) groups is 2. The van der Waals surface area contributed by atoms with Crippen molar-refractivity contribution in [3.05, 3.63) is 0 Å². The van der Waals surface area contributed by atoms with Crippen molar-refractivity contribution in [1.29, 1.82) is 0 Å². The van der Waals surface area contributed by atoms with Crippen LogP contribution < -0.4 is 0 Å². The molecule has 0 amide bonds. The maximum atomic E-state index is 12.3. The van der Waals surface area contributed by atoms with Gasteiger partial charge in [0.2, 0.25) is 0 Å². The molecule has 1 aliphatic rings. The third kappa shape index (κ3) is 2.26. The number of cyclic esters (lactones) is 1. The van der Waals surface area contributed by atoms with E-state index in [-0.39, 0.29) is 0 Å². The van der Waals surface area contributed by atoms with E-state index < -0.39 is 42.7 Å². The highest BCUT2D eigenvalue weighted by molar-refractivity contribution is 5.82. The van der Waals surface area contributed by atoms with E-state index in [1.807, 2.05) is 0 Å². The Morgan fingerprint density at radius 2 is 1.61 bits per heavy atom. The van der Waals surface area contributed by atoms with E-state index in [9.17, 15) is 40.3 Å². The number of carbonyl (C=O) groups excluding carboxylic acids is 2. The van der Waals surface area contributed by atoms with E-state index in [0.717, 1.165) is 0 Å². The minimum Gasteiger partial charge on any atom is -0.414 e. The van der Waals surface area contributed by atoms with Crippen molar-refractivity contribution in [3.8, 4) is 0 Å². The standard InChI is InChI=1S/C7H3F7O4/c8-3(15)1-2-4(16)18-5(17-2,6(9,10)11)7(12,13)14/h2H,1H2/t2-/m0/s1. The van der Waals surface area contributed by atoms with Crippen LogP contribution in [0.25, 0.3) is 0 Å². The van der Waals surface area contributed by atoms with Gasteiger partial charge in [0.05, 0.1) is 6.42 Å². The molecule has 104 valence electrons. The smallest absolute Gasteiger partial charge is 0.414 e. The van der Waals surface area contributed by atoms with Gasteiger partial charge in [-0.1, -0.05) is 0 Å². The molecule has 0 unspecified atom stereocenters. The molecule has 0 radical (unpaired) electrons. The molecule has 0 aromatic heterocycles. The molecule has 1 heterocycles. The molecule has 0 N–H and O–H groups in total. The number of ether oxygens (including phenoxy) is 2. The molecule has 1 atom stereocenters. The Kier molecular flexibility index (Phi) is 3.32. The summed E-state index contributed by atoms with van der Waals surface area (Å²) in [6.07, 6.45) is -16.4. The number of rotatable bonds is 2. The maximum absolute atomic E-state index is 12.3. The summed E-state index contributed by atoms with van der Waals surface area (Å²) < 4.78 is 92.2. The highest BCUT2D eigenvalue weighted by atomic mass is 19.4. The molecule has 0 aromatic rings. The largest absolute Gasteiger partial charge is 0.465 e. The number of esters is 1. The van der Waals surface area contributed by atoms with Crippen LogP contribution in [0.5, 0.6) is 0 Å². The van der Waals surface area contributed by atoms with Crippen molar-refractivity contribution in [3.63, 3.8) is 0 Å². The van der Waals surface area contributed by atoms with Crippen LogP contribution in [0.4, 0.5) is 30.7 Å². The predicted octanol–water partition coefficient (Wildman–Crippen LogP) is 1.64. The SMILES string of the molecule is O=C(F)C[C@@H]1OC(C(F)(F)F)(C(F)(F)F)OC1=O. The summed E-state index contributed by atoms with van der Waals surface area (Å²) in [4.78, 5) is 20.7. The van der Waals surface area contributed by atoms with Gasteiger partial charge >= 0.3 is 30.1 Å². The molecule has 1 fully saturated rings. The highest BCUT2D eigenvalue weighted by Crippen LogP contribution is 2.50. The summed E-state index contributed by atoms with van der Waals surface area (Å²) in [5, 5.41) is 0. The Bertz CT molecular complexity index is 357. The zero-order valence-corrected chi connectivity index (χ0v) is 8.06. The highest BCUT2D eigenvalue weighted by Gasteiger charge is 2.80. The van der Waals surface area contributed by atoms with Crippen LogP contribution in [0.15, 0.2) is 0 Å². The molecule has 0 bridgehead atoms. The second kappa shape index (κ2) is 4.07. The lowest BCUT2D eigenvalue weighted by Crippen LogP contribution is -2.58. The van der Waals surface area contributed by atoms with Crippen LogP contribution in [0.2, 0.25) is 0 Å². The van der Waals surface area contributed by atoms with E-state index in [1.54, 1.807) is 0 Å². The molecule has 0 saturated carbocycles. The van der Waals surface area contributed by atoms with Crippen LogP contribution >= 0.6 is 0 Å². The molecule has 4 nitrogen and oxygen atoms in total. The molecule has 0 aliphatic carbocycles. The topological polar surface area (TPSA) is 52.6 Å². The first-order valence-electron chi connectivity index (χ1n) is 4.13. The number of hydrogen-bond acceptors (Lipinski definition) is 4. The van der Waals surface area contributed by atoms with Crippen LogP contribution in [0, 0.1) is 0 Å². The van der Waals surface area contributed by atoms with Crippen molar-refractivity contribution in [1.82, 2.24) is 0 Å². The Morgan fingerprint density at radius 1 is 1.17 bits per heavy atom. The quantitative estimate of drug-likeness (QED) is 0.439. The monoisotopic (exact) mass is 284 g/mol. The van der Waals surface area contributed by atoms with E-state index in [0.29, 0.717) is 0 Å². The van der Waals surface area contributed by atoms with Gasteiger partial charge in [-0.05, 0) is 0 Å². The molecule has 11 heteroatoms. The second-order valence-electron chi connectivity index (χ2n) is 3.20. The van der Waals surface area contributed by atoms with E-state index in [4.69, 9.17) is 0 Å². The lowest BCUT2D eigenvalue weighted by atomic mass is 10.2. The third-order valence-corrected chi connectivity index (χ3v) is 1.91. The van der Waals surface area contributed by atoms with Gasteiger partial charge in [-0.25, -0.2) is 4.79 Å². The number of alkyl halides is 6.